The second-order valence-corrected chi connectivity index (χ2v) is 7.63. The van der Waals surface area contributed by atoms with Gasteiger partial charge in [-0.1, -0.05) is 36.1 Å². The summed E-state index contributed by atoms with van der Waals surface area (Å²) in [6.07, 6.45) is 3.43. The van der Waals surface area contributed by atoms with Crippen molar-refractivity contribution in [3.63, 3.8) is 0 Å². The van der Waals surface area contributed by atoms with E-state index in [-0.39, 0.29) is 11.3 Å². The number of thiocarbonyl (C=S) groups is 1. The predicted octanol–water partition coefficient (Wildman–Crippen LogP) is 3.69. The van der Waals surface area contributed by atoms with E-state index in [1.54, 1.807) is 25.4 Å². The molecule has 1 aliphatic heterocycles. The summed E-state index contributed by atoms with van der Waals surface area (Å²) >= 11 is 6.27. The first-order valence-electron chi connectivity index (χ1n) is 8.10. The predicted molar refractivity (Wildman–Crippen MR) is 113 cm³/mol. The zero-order valence-corrected chi connectivity index (χ0v) is 15.9. The number of thioether (sulfide) groups is 1. The number of hydrogen-bond donors (Lipinski definition) is 2. The quantitative estimate of drug-likeness (QED) is 0.524. The van der Waals surface area contributed by atoms with Gasteiger partial charge in [-0.2, -0.15) is 0 Å². The average Bonchev–Trinajstić information content (AvgIpc) is 2.98. The molecule has 0 saturated carbocycles. The van der Waals surface area contributed by atoms with Crippen molar-refractivity contribution in [1.29, 1.82) is 0 Å². The third-order valence-corrected chi connectivity index (χ3v) is 5.40. The van der Waals surface area contributed by atoms with Crippen molar-refractivity contribution >= 4 is 51.2 Å². The summed E-state index contributed by atoms with van der Waals surface area (Å²) < 4.78 is 5.96. The number of fused-ring (bicyclic) bond motifs is 1. The third-order valence-electron chi connectivity index (χ3n) is 4.23. The maximum Gasteiger partial charge on any atom is 0.263 e. The Morgan fingerprint density at radius 2 is 1.96 bits per heavy atom. The van der Waals surface area contributed by atoms with E-state index in [1.807, 2.05) is 30.3 Å². The van der Waals surface area contributed by atoms with Crippen molar-refractivity contribution in [3.8, 4) is 16.9 Å². The van der Waals surface area contributed by atoms with E-state index in [1.165, 1.54) is 17.8 Å². The molecule has 0 aliphatic carbocycles. The van der Waals surface area contributed by atoms with Crippen LogP contribution in [0, 0.1) is 0 Å². The molecule has 7 heteroatoms. The lowest BCUT2D eigenvalue weighted by atomic mass is 10.00. The molecular formula is C20H14N2O3S2. The Kier molecular flexibility index (Phi) is 4.55. The van der Waals surface area contributed by atoms with Crippen LogP contribution in [0.25, 0.3) is 28.1 Å². The number of methoxy groups -OCH3 is 1. The number of pyridine rings is 1. The van der Waals surface area contributed by atoms with Crippen LogP contribution in [0.15, 0.2) is 58.4 Å². The number of aromatic nitrogens is 1. The summed E-state index contributed by atoms with van der Waals surface area (Å²) in [5.74, 6) is 0.513. The van der Waals surface area contributed by atoms with Crippen LogP contribution in [0.4, 0.5) is 0 Å². The van der Waals surface area contributed by atoms with Crippen LogP contribution in [0.2, 0.25) is 0 Å². The first-order valence-corrected chi connectivity index (χ1v) is 9.32. The van der Waals surface area contributed by atoms with Crippen molar-refractivity contribution in [2.45, 2.75) is 0 Å². The molecule has 4 rings (SSSR count). The Hall–Kier alpha value is -2.90. The van der Waals surface area contributed by atoms with Gasteiger partial charge in [0.15, 0.2) is 5.43 Å². The van der Waals surface area contributed by atoms with Crippen molar-refractivity contribution in [3.05, 3.63) is 69.4 Å². The van der Waals surface area contributed by atoms with E-state index >= 15 is 0 Å². The molecule has 1 saturated heterocycles. The van der Waals surface area contributed by atoms with E-state index in [0.29, 0.717) is 20.4 Å². The van der Waals surface area contributed by atoms with Gasteiger partial charge in [-0.3, -0.25) is 9.59 Å². The Labute approximate surface area is 164 Å². The molecular weight excluding hydrogens is 380 g/mol. The van der Waals surface area contributed by atoms with Gasteiger partial charge in [0, 0.05) is 28.7 Å². The minimum atomic E-state index is -0.189. The van der Waals surface area contributed by atoms with E-state index in [2.05, 4.69) is 10.3 Å². The first-order chi connectivity index (χ1) is 13.0. The van der Waals surface area contributed by atoms with Crippen molar-refractivity contribution in [2.24, 2.45) is 0 Å². The number of aromatic amines is 1. The minimum Gasteiger partial charge on any atom is -0.496 e. The first kappa shape index (κ1) is 17.5. The third kappa shape index (κ3) is 3.39. The molecule has 3 aromatic rings. The number of benzene rings is 2. The number of carbonyl (C=O) groups is 1. The number of rotatable bonds is 3. The molecule has 1 amide bonds. The fourth-order valence-electron chi connectivity index (χ4n) is 2.96. The lowest BCUT2D eigenvalue weighted by molar-refractivity contribution is -0.115. The van der Waals surface area contributed by atoms with Gasteiger partial charge in [-0.25, -0.2) is 0 Å². The van der Waals surface area contributed by atoms with Gasteiger partial charge >= 0.3 is 0 Å². The monoisotopic (exact) mass is 394 g/mol. The van der Waals surface area contributed by atoms with E-state index in [4.69, 9.17) is 17.0 Å². The van der Waals surface area contributed by atoms with E-state index in [0.717, 1.165) is 22.2 Å². The zero-order valence-electron chi connectivity index (χ0n) is 14.2. The second-order valence-electron chi connectivity index (χ2n) is 5.91. The molecule has 2 heterocycles. The highest BCUT2D eigenvalue weighted by molar-refractivity contribution is 8.26. The number of nitrogens with one attached hydrogen (secondary N) is 2. The molecule has 1 aliphatic rings. The van der Waals surface area contributed by atoms with Crippen LogP contribution in [0.1, 0.15) is 5.56 Å². The maximum absolute atomic E-state index is 12.0. The number of amides is 1. The molecule has 1 aromatic heterocycles. The Balaban J connectivity index is 1.82. The fraction of sp³-hybridized carbons (Fsp3) is 0.0500. The van der Waals surface area contributed by atoms with Gasteiger partial charge in [-0.05, 0) is 41.5 Å². The highest BCUT2D eigenvalue weighted by Crippen LogP contribution is 2.34. The van der Waals surface area contributed by atoms with Crippen LogP contribution in [-0.2, 0) is 4.79 Å². The molecule has 1 fully saturated rings. The number of hydrogen-bond acceptors (Lipinski definition) is 5. The van der Waals surface area contributed by atoms with Gasteiger partial charge in [0.25, 0.3) is 5.91 Å². The van der Waals surface area contributed by atoms with Gasteiger partial charge in [0.2, 0.25) is 0 Å². The van der Waals surface area contributed by atoms with E-state index < -0.39 is 0 Å². The molecule has 0 spiro atoms. The van der Waals surface area contributed by atoms with Crippen molar-refractivity contribution < 1.29 is 9.53 Å². The molecule has 0 atom stereocenters. The normalized spacial score (nSPS) is 15.4. The highest BCUT2D eigenvalue weighted by Gasteiger charge is 2.22. The van der Waals surface area contributed by atoms with Crippen LogP contribution >= 0.6 is 24.0 Å². The van der Waals surface area contributed by atoms with Gasteiger partial charge < -0.3 is 15.0 Å². The number of H-pyrrole nitrogens is 1. The molecule has 134 valence electrons. The van der Waals surface area contributed by atoms with Gasteiger partial charge in [0.1, 0.15) is 10.1 Å². The molecule has 0 unspecified atom stereocenters. The lowest BCUT2D eigenvalue weighted by Gasteiger charge is -2.11. The summed E-state index contributed by atoms with van der Waals surface area (Å²) in [6, 6.07) is 12.8. The van der Waals surface area contributed by atoms with E-state index in [9.17, 15) is 9.59 Å². The molecule has 2 aromatic carbocycles. The van der Waals surface area contributed by atoms with Crippen LogP contribution in [-0.4, -0.2) is 22.3 Å². The second kappa shape index (κ2) is 7.02. The molecule has 27 heavy (non-hydrogen) atoms. The Morgan fingerprint density at radius 1 is 1.11 bits per heavy atom. The topological polar surface area (TPSA) is 71.2 Å². The van der Waals surface area contributed by atoms with Gasteiger partial charge in [-0.15, -0.1) is 0 Å². The summed E-state index contributed by atoms with van der Waals surface area (Å²) in [5.41, 5.74) is 3.35. The standard InChI is InChI=1S/C20H14N2O3S2/c1-25-17-5-2-11(9-18-19(24)22-20(26)27-18)8-14(17)12-3-4-13-15(10-12)21-7-6-16(13)23/h2-10H,1H3,(H,21,23)(H,22,24,26)/b18-9-. The SMILES string of the molecule is COc1ccc(/C=C2\SC(=S)NC2=O)cc1-c1ccc2c(=O)cc[nH]c2c1. The summed E-state index contributed by atoms with van der Waals surface area (Å²) in [7, 11) is 1.61. The number of ether oxygens (including phenoxy) is 1. The van der Waals surface area contributed by atoms with Gasteiger partial charge in [0.05, 0.1) is 12.0 Å². The zero-order chi connectivity index (χ0) is 19.0. The Bertz CT molecular complexity index is 1180. The van der Waals surface area contributed by atoms with Crippen LogP contribution in [0.3, 0.4) is 0 Å². The largest absolute Gasteiger partial charge is 0.496 e. The number of carbonyl (C=O) groups excluding carboxylic acids is 1. The Morgan fingerprint density at radius 3 is 2.70 bits per heavy atom. The molecule has 0 radical (unpaired) electrons. The highest BCUT2D eigenvalue weighted by atomic mass is 32.2. The molecule has 0 bridgehead atoms. The van der Waals surface area contributed by atoms with Crippen molar-refractivity contribution in [2.75, 3.05) is 7.11 Å². The van der Waals surface area contributed by atoms with Crippen LogP contribution in [0.5, 0.6) is 5.75 Å². The maximum atomic E-state index is 12.0. The summed E-state index contributed by atoms with van der Waals surface area (Å²) in [5, 5.41) is 3.24. The molecule has 2 N–H and O–H groups in total. The minimum absolute atomic E-state index is 0.0269. The lowest BCUT2D eigenvalue weighted by Crippen LogP contribution is -2.17. The van der Waals surface area contributed by atoms with Crippen LogP contribution < -0.4 is 15.5 Å². The summed E-state index contributed by atoms with van der Waals surface area (Å²) in [6.45, 7) is 0. The fourth-order valence-corrected chi connectivity index (χ4v) is 4.00. The molecule has 5 nitrogen and oxygen atoms in total. The smallest absolute Gasteiger partial charge is 0.263 e. The average molecular weight is 394 g/mol. The summed E-state index contributed by atoms with van der Waals surface area (Å²) in [4.78, 5) is 27.5. The van der Waals surface area contributed by atoms with Crippen molar-refractivity contribution in [1.82, 2.24) is 10.3 Å².